The summed E-state index contributed by atoms with van der Waals surface area (Å²) in [6, 6.07) is 19.6. The van der Waals surface area contributed by atoms with Crippen LogP contribution in [0.5, 0.6) is 0 Å². The Morgan fingerprint density at radius 1 is 0.825 bits per heavy atom. The van der Waals surface area contributed by atoms with Gasteiger partial charge >= 0.3 is 6.18 Å². The van der Waals surface area contributed by atoms with E-state index in [9.17, 15) is 13.2 Å². The van der Waals surface area contributed by atoms with Gasteiger partial charge in [0, 0.05) is 29.8 Å². The Hall–Kier alpha value is -4.27. The molecule has 3 aromatic carbocycles. The molecular formula is C31H28F4N4O. The van der Waals surface area contributed by atoms with Gasteiger partial charge in [-0.2, -0.15) is 18.2 Å². The summed E-state index contributed by atoms with van der Waals surface area (Å²) < 4.78 is 62.4. The van der Waals surface area contributed by atoms with Gasteiger partial charge in [0.25, 0.3) is 5.89 Å². The van der Waals surface area contributed by atoms with Gasteiger partial charge in [-0.15, -0.1) is 0 Å². The van der Waals surface area contributed by atoms with Crippen molar-refractivity contribution in [3.63, 3.8) is 0 Å². The van der Waals surface area contributed by atoms with Crippen LogP contribution in [0.2, 0.25) is 0 Å². The van der Waals surface area contributed by atoms with Crippen LogP contribution >= 0.6 is 0 Å². The summed E-state index contributed by atoms with van der Waals surface area (Å²) >= 11 is 0. The van der Waals surface area contributed by atoms with Crippen molar-refractivity contribution in [2.75, 3.05) is 0 Å². The molecule has 2 heterocycles. The Kier molecular flexibility index (Phi) is 7.31. The first-order valence-corrected chi connectivity index (χ1v) is 13.0. The monoisotopic (exact) mass is 548 g/mol. The number of alkyl halides is 3. The van der Waals surface area contributed by atoms with Gasteiger partial charge in [-0.3, -0.25) is 0 Å². The maximum Gasteiger partial charge on any atom is 0.434 e. The lowest BCUT2D eigenvalue weighted by Crippen LogP contribution is -2.05. The fraction of sp³-hybridized carbons (Fsp3) is 0.258. The van der Waals surface area contributed by atoms with Crippen LogP contribution in [0.4, 0.5) is 17.6 Å². The van der Waals surface area contributed by atoms with Gasteiger partial charge in [0.05, 0.1) is 5.56 Å². The highest BCUT2D eigenvalue weighted by atomic mass is 19.4. The molecule has 0 fully saturated rings. The fourth-order valence-corrected chi connectivity index (χ4v) is 4.68. The molecule has 0 N–H and O–H groups in total. The fourth-order valence-electron chi connectivity index (χ4n) is 4.68. The molecule has 0 atom stereocenters. The van der Waals surface area contributed by atoms with E-state index in [1.54, 1.807) is 56.3 Å². The number of rotatable bonds is 7. The molecule has 2 aromatic heterocycles. The predicted molar refractivity (Wildman–Crippen MR) is 145 cm³/mol. The van der Waals surface area contributed by atoms with Gasteiger partial charge in [0.15, 0.2) is 11.5 Å². The number of nitrogens with zero attached hydrogens (tertiary/aromatic N) is 4. The third kappa shape index (κ3) is 5.41. The topological polar surface area (TPSA) is 56.7 Å². The van der Waals surface area contributed by atoms with Gasteiger partial charge in [0.2, 0.25) is 0 Å². The molecule has 0 saturated heterocycles. The van der Waals surface area contributed by atoms with Crippen molar-refractivity contribution in [2.45, 2.75) is 52.3 Å². The number of benzene rings is 3. The first-order valence-electron chi connectivity index (χ1n) is 13.0. The van der Waals surface area contributed by atoms with Crippen molar-refractivity contribution in [3.05, 3.63) is 101 Å². The molecule has 0 aliphatic carbocycles. The average Bonchev–Trinajstić information content (AvgIpc) is 3.57. The third-order valence-corrected chi connectivity index (χ3v) is 6.72. The lowest BCUT2D eigenvalue weighted by molar-refractivity contribution is -0.140. The highest BCUT2D eigenvalue weighted by Gasteiger charge is 2.35. The lowest BCUT2D eigenvalue weighted by atomic mass is 9.91. The molecule has 0 amide bonds. The quantitative estimate of drug-likeness (QED) is 0.191. The van der Waals surface area contributed by atoms with Crippen LogP contribution in [0, 0.1) is 5.82 Å². The first-order chi connectivity index (χ1) is 19.0. The van der Waals surface area contributed by atoms with Crippen molar-refractivity contribution in [1.29, 1.82) is 0 Å². The molecule has 0 bridgehead atoms. The molecule has 206 valence electrons. The second-order valence-corrected chi connectivity index (χ2v) is 10.2. The van der Waals surface area contributed by atoms with Crippen LogP contribution in [0.15, 0.2) is 77.4 Å². The van der Waals surface area contributed by atoms with Gasteiger partial charge < -0.3 is 9.09 Å². The Morgan fingerprint density at radius 2 is 1.50 bits per heavy atom. The molecule has 0 aliphatic rings. The number of hydrogen-bond acceptors (Lipinski definition) is 4. The highest BCUT2D eigenvalue weighted by Crippen LogP contribution is 2.35. The average molecular weight is 549 g/mol. The molecule has 0 aliphatic heterocycles. The van der Waals surface area contributed by atoms with Gasteiger partial charge in [-0.1, -0.05) is 79.7 Å². The molecule has 0 unspecified atom stereocenters. The van der Waals surface area contributed by atoms with Crippen molar-refractivity contribution in [3.8, 4) is 34.0 Å². The Morgan fingerprint density at radius 3 is 2.17 bits per heavy atom. The van der Waals surface area contributed by atoms with E-state index in [4.69, 9.17) is 4.52 Å². The number of aromatic nitrogens is 4. The normalized spacial score (nSPS) is 12.1. The van der Waals surface area contributed by atoms with E-state index >= 15 is 4.39 Å². The largest absolute Gasteiger partial charge is 0.434 e. The Balaban J connectivity index is 1.39. The summed E-state index contributed by atoms with van der Waals surface area (Å²) in [6.45, 7) is 7.73. The van der Waals surface area contributed by atoms with Gasteiger partial charge in [-0.05, 0) is 42.5 Å². The minimum Gasteiger partial charge on any atom is -0.334 e. The Bertz CT molecular complexity index is 1630. The smallest absolute Gasteiger partial charge is 0.334 e. The molecule has 0 saturated carbocycles. The van der Waals surface area contributed by atoms with Crippen molar-refractivity contribution < 1.29 is 22.1 Å². The highest BCUT2D eigenvalue weighted by molar-refractivity contribution is 5.73. The number of imidazole rings is 1. The maximum absolute atomic E-state index is 15.7. The van der Waals surface area contributed by atoms with Crippen molar-refractivity contribution >= 4 is 0 Å². The summed E-state index contributed by atoms with van der Waals surface area (Å²) in [5.41, 5.74) is 2.98. The summed E-state index contributed by atoms with van der Waals surface area (Å²) in [5.74, 6) is 0.460. The summed E-state index contributed by atoms with van der Waals surface area (Å²) in [4.78, 5) is 8.26. The zero-order valence-corrected chi connectivity index (χ0v) is 22.5. The summed E-state index contributed by atoms with van der Waals surface area (Å²) in [5, 5.41) is 4.03. The molecule has 5 rings (SSSR count). The lowest BCUT2D eigenvalue weighted by Gasteiger charge is -2.14. The second kappa shape index (κ2) is 10.7. The van der Waals surface area contributed by atoms with Crippen LogP contribution in [0.25, 0.3) is 34.0 Å². The maximum atomic E-state index is 15.7. The van der Waals surface area contributed by atoms with Crippen LogP contribution < -0.4 is 0 Å². The standard InChI is InChI=1S/C31H28F4N4O/c1-18(2)22-8-5-6-9-23(22)24-10-7-11-25(28(24)32)30-37-27(38-40-30)16-20-12-14-21(15-13-20)29-36-26(31(33,34)35)17-39(29)19(3)4/h5-15,17-19H,16H2,1-4H3. The van der Waals surface area contributed by atoms with Crippen molar-refractivity contribution in [1.82, 2.24) is 19.7 Å². The first kappa shape index (κ1) is 27.3. The van der Waals surface area contributed by atoms with Crippen LogP contribution in [0.1, 0.15) is 62.3 Å². The van der Waals surface area contributed by atoms with Crippen LogP contribution in [-0.2, 0) is 12.6 Å². The summed E-state index contributed by atoms with van der Waals surface area (Å²) in [6.07, 6.45) is -3.19. The molecule has 0 spiro atoms. The van der Waals surface area contributed by atoms with Crippen molar-refractivity contribution in [2.24, 2.45) is 0 Å². The second-order valence-electron chi connectivity index (χ2n) is 10.2. The minimum absolute atomic E-state index is 0.0756. The van der Waals surface area contributed by atoms with E-state index in [0.717, 1.165) is 22.9 Å². The van der Waals surface area contributed by atoms with E-state index in [-0.39, 0.29) is 29.2 Å². The third-order valence-electron chi connectivity index (χ3n) is 6.72. The molecule has 0 radical (unpaired) electrons. The van der Waals surface area contributed by atoms with Gasteiger partial charge in [0.1, 0.15) is 11.6 Å². The molecular weight excluding hydrogens is 520 g/mol. The molecule has 5 aromatic rings. The predicted octanol–water partition coefficient (Wildman–Crippen LogP) is 8.72. The van der Waals surface area contributed by atoms with E-state index in [2.05, 4.69) is 29.0 Å². The van der Waals surface area contributed by atoms with Gasteiger partial charge in [-0.25, -0.2) is 9.37 Å². The molecule has 5 nitrogen and oxygen atoms in total. The zero-order valence-electron chi connectivity index (χ0n) is 22.5. The van der Waals surface area contributed by atoms with E-state index in [1.165, 1.54) is 4.57 Å². The number of hydrogen-bond donors (Lipinski definition) is 0. The minimum atomic E-state index is -4.53. The SMILES string of the molecule is CC(C)c1ccccc1-c1cccc(-c2nc(Cc3ccc(-c4nc(C(F)(F)F)cn4C(C)C)cc3)no2)c1F. The molecule has 40 heavy (non-hydrogen) atoms. The van der Waals surface area contributed by atoms with E-state index in [0.29, 0.717) is 23.4 Å². The molecule has 9 heteroatoms. The zero-order chi connectivity index (χ0) is 28.6. The van der Waals surface area contributed by atoms with Crippen LogP contribution in [0.3, 0.4) is 0 Å². The number of halogens is 4. The van der Waals surface area contributed by atoms with Crippen LogP contribution in [-0.4, -0.2) is 19.7 Å². The summed E-state index contributed by atoms with van der Waals surface area (Å²) in [7, 11) is 0. The van der Waals surface area contributed by atoms with E-state index < -0.39 is 17.7 Å². The Labute approximate surface area is 229 Å². The van der Waals surface area contributed by atoms with E-state index in [1.807, 2.05) is 24.3 Å².